The Morgan fingerprint density at radius 3 is 2.83 bits per heavy atom. The average molecular weight is 455 g/mol. The number of benzene rings is 1. The van der Waals surface area contributed by atoms with Crippen LogP contribution in [0.5, 0.6) is 5.75 Å². The van der Waals surface area contributed by atoms with E-state index >= 15 is 0 Å². The molecule has 23 heavy (non-hydrogen) atoms. The Morgan fingerprint density at radius 1 is 1.39 bits per heavy atom. The summed E-state index contributed by atoms with van der Waals surface area (Å²) in [4.78, 5) is 4.50. The van der Waals surface area contributed by atoms with Gasteiger partial charge < -0.3 is 15.4 Å². The minimum Gasteiger partial charge on any atom is -0.489 e. The van der Waals surface area contributed by atoms with Gasteiger partial charge in [0.2, 0.25) is 0 Å². The van der Waals surface area contributed by atoms with Gasteiger partial charge in [-0.2, -0.15) is 11.8 Å². The molecule has 0 aliphatic heterocycles. The molecule has 0 bridgehead atoms. The van der Waals surface area contributed by atoms with E-state index in [1.54, 1.807) is 12.1 Å². The molecule has 0 amide bonds. The molecule has 0 radical (unpaired) electrons. The molecule has 4 nitrogen and oxygen atoms in total. The van der Waals surface area contributed by atoms with E-state index in [0.717, 1.165) is 31.2 Å². The summed E-state index contributed by atoms with van der Waals surface area (Å²) in [6.45, 7) is 6.17. The SMILES string of the molecule is CCNC(=NCC(C)Oc1cccc(F)c1)NCCCSC.I. The van der Waals surface area contributed by atoms with Crippen LogP contribution in [-0.4, -0.2) is 43.7 Å². The summed E-state index contributed by atoms with van der Waals surface area (Å²) in [5, 5.41) is 6.50. The van der Waals surface area contributed by atoms with Crippen LogP contribution in [0.4, 0.5) is 4.39 Å². The normalized spacial score (nSPS) is 12.3. The highest BCUT2D eigenvalue weighted by Gasteiger charge is 2.05. The lowest BCUT2D eigenvalue weighted by atomic mass is 10.3. The average Bonchev–Trinajstić information content (AvgIpc) is 2.49. The van der Waals surface area contributed by atoms with Gasteiger partial charge in [-0.3, -0.25) is 0 Å². The number of hydrogen-bond donors (Lipinski definition) is 2. The monoisotopic (exact) mass is 455 g/mol. The number of hydrogen-bond acceptors (Lipinski definition) is 3. The van der Waals surface area contributed by atoms with E-state index in [9.17, 15) is 4.39 Å². The molecule has 132 valence electrons. The van der Waals surface area contributed by atoms with Gasteiger partial charge in [-0.05, 0) is 44.4 Å². The van der Waals surface area contributed by atoms with Crippen molar-refractivity contribution in [3.05, 3.63) is 30.1 Å². The van der Waals surface area contributed by atoms with Gasteiger partial charge in [0.05, 0.1) is 6.54 Å². The summed E-state index contributed by atoms with van der Waals surface area (Å²) in [7, 11) is 0. The van der Waals surface area contributed by atoms with Gasteiger partial charge in [0, 0.05) is 19.2 Å². The van der Waals surface area contributed by atoms with E-state index in [-0.39, 0.29) is 35.9 Å². The summed E-state index contributed by atoms with van der Waals surface area (Å²) in [6.07, 6.45) is 3.08. The number of guanidine groups is 1. The van der Waals surface area contributed by atoms with E-state index in [1.807, 2.05) is 25.6 Å². The summed E-state index contributed by atoms with van der Waals surface area (Å²) >= 11 is 1.84. The molecular weight excluding hydrogens is 428 g/mol. The maximum absolute atomic E-state index is 13.1. The minimum atomic E-state index is -0.294. The van der Waals surface area contributed by atoms with Crippen LogP contribution in [0.25, 0.3) is 0 Å². The van der Waals surface area contributed by atoms with E-state index in [2.05, 4.69) is 21.9 Å². The van der Waals surface area contributed by atoms with Crippen molar-refractivity contribution in [1.82, 2.24) is 10.6 Å². The quantitative estimate of drug-likeness (QED) is 0.259. The zero-order chi connectivity index (χ0) is 16.2. The second-order valence-corrected chi connectivity index (χ2v) is 5.86. The fourth-order valence-corrected chi connectivity index (χ4v) is 2.23. The zero-order valence-electron chi connectivity index (χ0n) is 14.0. The molecule has 0 fully saturated rings. The van der Waals surface area contributed by atoms with E-state index in [4.69, 9.17) is 4.74 Å². The Bertz CT molecular complexity index is 463. The number of halogens is 2. The molecule has 0 heterocycles. The smallest absolute Gasteiger partial charge is 0.191 e. The number of rotatable bonds is 9. The number of nitrogens with one attached hydrogen (secondary N) is 2. The first-order valence-corrected chi connectivity index (χ1v) is 8.98. The first-order valence-electron chi connectivity index (χ1n) is 7.59. The second-order valence-electron chi connectivity index (χ2n) is 4.88. The molecule has 1 aromatic rings. The Kier molecular flexibility index (Phi) is 13.3. The van der Waals surface area contributed by atoms with Gasteiger partial charge in [-0.1, -0.05) is 6.07 Å². The Morgan fingerprint density at radius 2 is 2.17 bits per heavy atom. The molecular formula is C16H27FIN3OS. The molecule has 1 unspecified atom stereocenters. The molecule has 0 saturated heterocycles. The van der Waals surface area contributed by atoms with Gasteiger partial charge in [-0.25, -0.2) is 9.38 Å². The van der Waals surface area contributed by atoms with Crippen molar-refractivity contribution in [1.29, 1.82) is 0 Å². The Hall–Kier alpha value is -0.700. The molecule has 1 rings (SSSR count). The largest absolute Gasteiger partial charge is 0.489 e. The number of aliphatic imine (C=N–C) groups is 1. The van der Waals surface area contributed by atoms with Crippen molar-refractivity contribution in [3.8, 4) is 5.75 Å². The van der Waals surface area contributed by atoms with Crippen molar-refractivity contribution >= 4 is 41.7 Å². The lowest BCUT2D eigenvalue weighted by Gasteiger charge is -2.15. The van der Waals surface area contributed by atoms with Crippen LogP contribution < -0.4 is 15.4 Å². The van der Waals surface area contributed by atoms with Crippen molar-refractivity contribution in [2.45, 2.75) is 26.4 Å². The van der Waals surface area contributed by atoms with Crippen LogP contribution in [0.3, 0.4) is 0 Å². The van der Waals surface area contributed by atoms with E-state index in [1.165, 1.54) is 12.1 Å². The highest BCUT2D eigenvalue weighted by atomic mass is 127. The molecule has 0 spiro atoms. The number of ether oxygens (including phenoxy) is 1. The lowest BCUT2D eigenvalue weighted by molar-refractivity contribution is 0.229. The van der Waals surface area contributed by atoms with Gasteiger partial charge in [0.1, 0.15) is 17.7 Å². The highest BCUT2D eigenvalue weighted by Crippen LogP contribution is 2.13. The van der Waals surface area contributed by atoms with E-state index < -0.39 is 0 Å². The molecule has 0 aliphatic carbocycles. The maximum Gasteiger partial charge on any atom is 0.191 e. The third-order valence-corrected chi connectivity index (χ3v) is 3.50. The number of thioether (sulfide) groups is 1. The Labute approximate surface area is 160 Å². The maximum atomic E-state index is 13.1. The highest BCUT2D eigenvalue weighted by molar-refractivity contribution is 14.0. The first-order chi connectivity index (χ1) is 10.7. The van der Waals surface area contributed by atoms with Crippen LogP contribution in [0, 0.1) is 5.82 Å². The summed E-state index contributed by atoms with van der Waals surface area (Å²) in [6, 6.07) is 6.16. The van der Waals surface area contributed by atoms with Gasteiger partial charge >= 0.3 is 0 Å². The standard InChI is InChI=1S/C16H26FN3OS.HI/c1-4-18-16(19-9-6-10-22-3)20-12-13(2)21-15-8-5-7-14(17)11-15;/h5,7-8,11,13H,4,6,9-10,12H2,1-3H3,(H2,18,19,20);1H. The van der Waals surface area contributed by atoms with Crippen LogP contribution in [0.15, 0.2) is 29.3 Å². The third-order valence-electron chi connectivity index (χ3n) is 2.80. The van der Waals surface area contributed by atoms with Crippen molar-refractivity contribution < 1.29 is 9.13 Å². The first kappa shape index (κ1) is 22.3. The third kappa shape index (κ3) is 10.6. The number of nitrogens with zero attached hydrogens (tertiary/aromatic N) is 1. The van der Waals surface area contributed by atoms with Gasteiger partial charge in [-0.15, -0.1) is 24.0 Å². The molecule has 7 heteroatoms. The van der Waals surface area contributed by atoms with E-state index in [0.29, 0.717) is 12.3 Å². The lowest BCUT2D eigenvalue weighted by Crippen LogP contribution is -2.38. The molecule has 0 aliphatic rings. The minimum absolute atomic E-state index is 0. The van der Waals surface area contributed by atoms with Crippen LogP contribution in [0.2, 0.25) is 0 Å². The van der Waals surface area contributed by atoms with Crippen LogP contribution in [-0.2, 0) is 0 Å². The summed E-state index contributed by atoms with van der Waals surface area (Å²) in [5.74, 6) is 2.15. The zero-order valence-corrected chi connectivity index (χ0v) is 17.1. The Balaban J connectivity index is 0.00000484. The fourth-order valence-electron chi connectivity index (χ4n) is 1.79. The fraction of sp³-hybridized carbons (Fsp3) is 0.562. The van der Waals surface area contributed by atoms with Crippen molar-refractivity contribution in [3.63, 3.8) is 0 Å². The topological polar surface area (TPSA) is 45.7 Å². The van der Waals surface area contributed by atoms with Crippen LogP contribution in [0.1, 0.15) is 20.3 Å². The second kappa shape index (κ2) is 13.7. The van der Waals surface area contributed by atoms with Crippen molar-refractivity contribution in [2.24, 2.45) is 4.99 Å². The predicted octanol–water partition coefficient (Wildman–Crippen LogP) is 3.52. The molecule has 0 saturated carbocycles. The predicted molar refractivity (Wildman–Crippen MR) is 109 cm³/mol. The summed E-state index contributed by atoms with van der Waals surface area (Å²) in [5.41, 5.74) is 0. The molecule has 0 aromatic heterocycles. The van der Waals surface area contributed by atoms with Crippen molar-refractivity contribution in [2.75, 3.05) is 31.6 Å². The molecule has 1 atom stereocenters. The van der Waals surface area contributed by atoms with Crippen LogP contribution >= 0.6 is 35.7 Å². The summed E-state index contributed by atoms with van der Waals surface area (Å²) < 4.78 is 18.8. The molecule has 1 aromatic carbocycles. The molecule has 2 N–H and O–H groups in total. The van der Waals surface area contributed by atoms with Gasteiger partial charge in [0.25, 0.3) is 0 Å². The van der Waals surface area contributed by atoms with Gasteiger partial charge in [0.15, 0.2) is 5.96 Å².